The van der Waals surface area contributed by atoms with Crippen LogP contribution in [0.4, 0.5) is 0 Å². The smallest absolute Gasteiger partial charge is 0.0241 e. The van der Waals surface area contributed by atoms with Gasteiger partial charge in [0.2, 0.25) is 0 Å². The topological polar surface area (TPSA) is 23.8 Å². The van der Waals surface area contributed by atoms with Gasteiger partial charge in [0.25, 0.3) is 0 Å². The molecule has 3 atom stereocenters. The monoisotopic (exact) mass is 124 g/mol. The minimum absolute atomic E-state index is 0.309. The Balaban J connectivity index is 2.05. The molecule has 0 aromatic rings. The van der Waals surface area contributed by atoms with Crippen LogP contribution in [0.3, 0.4) is 0 Å². The summed E-state index contributed by atoms with van der Waals surface area (Å²) in [6, 6.07) is 0.309. The highest BCUT2D eigenvalue weighted by Crippen LogP contribution is 2.41. The summed E-state index contributed by atoms with van der Waals surface area (Å²) < 4.78 is 0. The van der Waals surface area contributed by atoms with Crippen molar-refractivity contribution in [1.82, 2.24) is 5.73 Å². The van der Waals surface area contributed by atoms with Crippen molar-refractivity contribution in [3.63, 3.8) is 0 Å². The molecule has 0 amide bonds. The van der Waals surface area contributed by atoms with Gasteiger partial charge in [-0.15, -0.1) is 0 Å². The van der Waals surface area contributed by atoms with Gasteiger partial charge in [-0.3, -0.25) is 5.73 Å². The third-order valence-corrected chi connectivity index (χ3v) is 3.04. The molecule has 0 aromatic heterocycles. The first kappa shape index (κ1) is 5.72. The van der Waals surface area contributed by atoms with Gasteiger partial charge in [-0.25, -0.2) is 0 Å². The molecule has 1 N–H and O–H groups in total. The van der Waals surface area contributed by atoms with E-state index in [4.69, 9.17) is 5.73 Å². The SMILES string of the molecule is [NH]C1CCC2CCC1C2. The van der Waals surface area contributed by atoms with Crippen molar-refractivity contribution in [3.05, 3.63) is 0 Å². The van der Waals surface area contributed by atoms with Crippen LogP contribution in [0.25, 0.3) is 0 Å². The van der Waals surface area contributed by atoms with Crippen molar-refractivity contribution in [1.29, 1.82) is 0 Å². The third-order valence-electron chi connectivity index (χ3n) is 3.04. The third kappa shape index (κ3) is 0.877. The molecule has 2 rings (SSSR count). The van der Waals surface area contributed by atoms with Gasteiger partial charge in [0.05, 0.1) is 0 Å². The number of hydrogen-bond donors (Lipinski definition) is 0. The van der Waals surface area contributed by atoms with Crippen molar-refractivity contribution < 1.29 is 0 Å². The molecule has 2 saturated carbocycles. The molecule has 2 aliphatic rings. The van der Waals surface area contributed by atoms with Crippen LogP contribution in [-0.4, -0.2) is 6.04 Å². The maximum Gasteiger partial charge on any atom is 0.0241 e. The maximum atomic E-state index is 7.66. The Labute approximate surface area is 56.6 Å². The van der Waals surface area contributed by atoms with Crippen LogP contribution in [0.1, 0.15) is 32.1 Å². The van der Waals surface area contributed by atoms with E-state index in [0.717, 1.165) is 11.8 Å². The van der Waals surface area contributed by atoms with Crippen LogP contribution >= 0.6 is 0 Å². The lowest BCUT2D eigenvalue weighted by atomic mass is 9.86. The molecule has 0 aromatic carbocycles. The predicted molar refractivity (Wildman–Crippen MR) is 36.9 cm³/mol. The van der Waals surface area contributed by atoms with Crippen molar-refractivity contribution in [2.75, 3.05) is 0 Å². The Kier molecular flexibility index (Phi) is 1.26. The molecule has 1 radical (unpaired) electrons. The van der Waals surface area contributed by atoms with E-state index in [-0.39, 0.29) is 0 Å². The van der Waals surface area contributed by atoms with Crippen LogP contribution in [0.2, 0.25) is 0 Å². The van der Waals surface area contributed by atoms with Crippen LogP contribution in [-0.2, 0) is 0 Å². The zero-order chi connectivity index (χ0) is 6.27. The van der Waals surface area contributed by atoms with Crippen molar-refractivity contribution in [2.24, 2.45) is 11.8 Å². The Hall–Kier alpha value is -0.0400. The van der Waals surface area contributed by atoms with Crippen molar-refractivity contribution in [3.8, 4) is 0 Å². The average molecular weight is 124 g/mol. The molecule has 2 aliphatic carbocycles. The van der Waals surface area contributed by atoms with E-state index < -0.39 is 0 Å². The second-order valence-electron chi connectivity index (χ2n) is 3.62. The molecule has 2 bridgehead atoms. The first-order valence-electron chi connectivity index (χ1n) is 4.07. The summed E-state index contributed by atoms with van der Waals surface area (Å²) in [5.74, 6) is 1.82. The summed E-state index contributed by atoms with van der Waals surface area (Å²) in [6.07, 6.45) is 6.72. The lowest BCUT2D eigenvalue weighted by Crippen LogP contribution is -2.23. The van der Waals surface area contributed by atoms with Gasteiger partial charge < -0.3 is 0 Å². The molecular formula is C8H14N. The van der Waals surface area contributed by atoms with E-state index in [1.807, 2.05) is 0 Å². The van der Waals surface area contributed by atoms with E-state index in [0.29, 0.717) is 6.04 Å². The second-order valence-corrected chi connectivity index (χ2v) is 3.62. The van der Waals surface area contributed by atoms with Gasteiger partial charge in [-0.05, 0) is 37.5 Å². The number of fused-ring (bicyclic) bond motifs is 2. The largest absolute Gasteiger partial charge is 0.254 e. The lowest BCUT2D eigenvalue weighted by molar-refractivity contribution is 0.307. The van der Waals surface area contributed by atoms with Gasteiger partial charge in [-0.1, -0.05) is 6.42 Å². The van der Waals surface area contributed by atoms with Gasteiger partial charge in [0.15, 0.2) is 0 Å². The van der Waals surface area contributed by atoms with Crippen LogP contribution < -0.4 is 5.73 Å². The molecule has 3 unspecified atom stereocenters. The highest BCUT2D eigenvalue weighted by atomic mass is 14.7. The van der Waals surface area contributed by atoms with Crippen LogP contribution in [0, 0.1) is 11.8 Å². The van der Waals surface area contributed by atoms with Gasteiger partial charge in [0, 0.05) is 6.04 Å². The molecule has 1 nitrogen and oxygen atoms in total. The zero-order valence-electron chi connectivity index (χ0n) is 5.77. The highest BCUT2D eigenvalue weighted by Gasteiger charge is 2.33. The second kappa shape index (κ2) is 1.98. The quantitative estimate of drug-likeness (QED) is 0.470. The van der Waals surface area contributed by atoms with Crippen molar-refractivity contribution in [2.45, 2.75) is 38.1 Å². The minimum Gasteiger partial charge on any atom is -0.254 e. The summed E-state index contributed by atoms with van der Waals surface area (Å²) in [4.78, 5) is 0. The minimum atomic E-state index is 0.309. The summed E-state index contributed by atoms with van der Waals surface area (Å²) in [5.41, 5.74) is 7.66. The maximum absolute atomic E-state index is 7.66. The fourth-order valence-electron chi connectivity index (χ4n) is 2.39. The van der Waals surface area contributed by atoms with Gasteiger partial charge in [-0.2, -0.15) is 0 Å². The first-order chi connectivity index (χ1) is 4.36. The first-order valence-corrected chi connectivity index (χ1v) is 4.07. The fraction of sp³-hybridized carbons (Fsp3) is 1.00. The van der Waals surface area contributed by atoms with E-state index >= 15 is 0 Å². The van der Waals surface area contributed by atoms with Gasteiger partial charge in [0.1, 0.15) is 0 Å². The van der Waals surface area contributed by atoms with E-state index in [1.54, 1.807) is 0 Å². The normalized spacial score (nSPS) is 49.7. The van der Waals surface area contributed by atoms with E-state index in [2.05, 4.69) is 0 Å². The Morgan fingerprint density at radius 3 is 2.56 bits per heavy atom. The molecular weight excluding hydrogens is 110 g/mol. The summed E-state index contributed by atoms with van der Waals surface area (Å²) >= 11 is 0. The number of hydrogen-bond acceptors (Lipinski definition) is 0. The lowest BCUT2D eigenvalue weighted by Gasteiger charge is -2.23. The van der Waals surface area contributed by atoms with Gasteiger partial charge >= 0.3 is 0 Å². The molecule has 0 spiro atoms. The number of rotatable bonds is 0. The molecule has 2 fully saturated rings. The molecule has 51 valence electrons. The predicted octanol–water partition coefficient (Wildman–Crippen LogP) is 1.85. The fourth-order valence-corrected chi connectivity index (χ4v) is 2.39. The standard InChI is InChI=1S/C8H14N/c9-8-4-2-6-1-3-7(8)5-6/h6-9H,1-5H2. The molecule has 0 saturated heterocycles. The summed E-state index contributed by atoms with van der Waals surface area (Å²) in [6.45, 7) is 0. The van der Waals surface area contributed by atoms with E-state index in [9.17, 15) is 0 Å². The highest BCUT2D eigenvalue weighted by molar-refractivity contribution is 4.87. The Morgan fingerprint density at radius 1 is 1.00 bits per heavy atom. The van der Waals surface area contributed by atoms with Crippen LogP contribution in [0.15, 0.2) is 0 Å². The molecule has 9 heavy (non-hydrogen) atoms. The zero-order valence-corrected chi connectivity index (χ0v) is 5.77. The van der Waals surface area contributed by atoms with Crippen LogP contribution in [0.5, 0.6) is 0 Å². The molecule has 0 aliphatic heterocycles. The molecule has 0 heterocycles. The molecule has 1 heteroatoms. The summed E-state index contributed by atoms with van der Waals surface area (Å²) in [7, 11) is 0. The Bertz CT molecular complexity index is 111. The summed E-state index contributed by atoms with van der Waals surface area (Å²) in [5, 5.41) is 0. The van der Waals surface area contributed by atoms with Crippen molar-refractivity contribution >= 4 is 0 Å². The van der Waals surface area contributed by atoms with E-state index in [1.165, 1.54) is 32.1 Å². The Morgan fingerprint density at radius 2 is 1.78 bits per heavy atom. The number of nitrogens with one attached hydrogen (secondary N) is 1. The average Bonchev–Trinajstić information content (AvgIpc) is 2.25.